The van der Waals surface area contributed by atoms with Crippen molar-refractivity contribution >= 4 is 23.4 Å². The summed E-state index contributed by atoms with van der Waals surface area (Å²) in [5.41, 5.74) is -3.95. The van der Waals surface area contributed by atoms with Crippen LogP contribution in [0.2, 0.25) is 5.02 Å². The van der Waals surface area contributed by atoms with Crippen LogP contribution in [0.15, 0.2) is 42.5 Å². The molecule has 0 radical (unpaired) electrons. The molecule has 2 aromatic carbocycles. The zero-order valence-electron chi connectivity index (χ0n) is 23.2. The monoisotopic (exact) mass is 559 g/mol. The number of nitrogens with zero attached hydrogens (tertiary/aromatic N) is 2. The Bertz CT molecular complexity index is 1370. The molecule has 3 aliphatic rings. The first-order valence-corrected chi connectivity index (χ1v) is 12.4. The number of halogens is 6. The van der Waals surface area contributed by atoms with Crippen LogP contribution >= 0.6 is 11.6 Å². The maximum atomic E-state index is 14.8. The van der Waals surface area contributed by atoms with Crippen LogP contribution in [0.4, 0.5) is 22.0 Å². The van der Waals surface area contributed by atoms with Crippen molar-refractivity contribution in [2.24, 2.45) is 0 Å². The molecular weight excluding hydrogens is 531 g/mol. The molecule has 0 N–H and O–H groups in total. The zero-order chi connectivity index (χ0) is 30.1. The number of hydrogen-bond donors (Lipinski definition) is 0. The lowest BCUT2D eigenvalue weighted by molar-refractivity contribution is -0.228. The Morgan fingerprint density at radius 2 is 1.92 bits per heavy atom. The Labute approximate surface area is 225 Å². The predicted molar refractivity (Wildman–Crippen MR) is 129 cm³/mol. The molecular formula is C27H26ClF5N2O3. The van der Waals surface area contributed by atoms with Crippen LogP contribution in [0.5, 0.6) is 5.75 Å². The van der Waals surface area contributed by atoms with Crippen molar-refractivity contribution in [1.29, 1.82) is 0 Å². The van der Waals surface area contributed by atoms with Crippen molar-refractivity contribution in [1.82, 2.24) is 9.80 Å². The lowest BCUT2D eigenvalue weighted by Crippen LogP contribution is -2.55. The molecule has 0 saturated carbocycles. The lowest BCUT2D eigenvalue weighted by Gasteiger charge is -2.44. The summed E-state index contributed by atoms with van der Waals surface area (Å²) in [4.78, 5) is 27.8. The highest BCUT2D eigenvalue weighted by atomic mass is 35.5. The van der Waals surface area contributed by atoms with Crippen LogP contribution in [-0.4, -0.2) is 66.2 Å². The minimum Gasteiger partial charge on any atom is -0.491 e. The van der Waals surface area contributed by atoms with E-state index in [1.165, 1.54) is 11.0 Å². The third kappa shape index (κ3) is 4.12. The molecule has 0 aromatic heterocycles. The van der Waals surface area contributed by atoms with Gasteiger partial charge in [-0.25, -0.2) is 8.78 Å². The average molecular weight is 560 g/mol. The molecule has 2 saturated heterocycles. The van der Waals surface area contributed by atoms with E-state index in [4.69, 9.17) is 20.5 Å². The van der Waals surface area contributed by atoms with Gasteiger partial charge < -0.3 is 14.5 Å². The molecule has 5 atom stereocenters. The van der Waals surface area contributed by atoms with Crippen LogP contribution in [0, 0.1) is 0 Å². The molecule has 0 spiro atoms. The smallest absolute Gasteiger partial charge is 0.426 e. The molecule has 2 aromatic rings. The Balaban J connectivity index is 1.56. The topological polar surface area (TPSA) is 49.9 Å². The number of benzene rings is 2. The number of alkyl halides is 5. The van der Waals surface area contributed by atoms with Gasteiger partial charge in [-0.3, -0.25) is 9.59 Å². The summed E-state index contributed by atoms with van der Waals surface area (Å²) in [6.45, 7) is -2.72. The van der Waals surface area contributed by atoms with Gasteiger partial charge in [-0.15, -0.1) is 0 Å². The minimum atomic E-state index is -5.17. The second-order valence-electron chi connectivity index (χ2n) is 10.2. The number of likely N-dealkylation sites (tertiary alicyclic amines) is 2. The van der Waals surface area contributed by atoms with Gasteiger partial charge in [0.05, 0.1) is 6.04 Å². The minimum absolute atomic E-state index is 0.0409. The van der Waals surface area contributed by atoms with Gasteiger partial charge in [-0.05, 0) is 43.5 Å². The molecule has 0 aliphatic carbocycles. The number of amides is 2. The highest BCUT2D eigenvalue weighted by Crippen LogP contribution is 2.52. The number of hydrogen-bond acceptors (Lipinski definition) is 3. The van der Waals surface area contributed by atoms with Gasteiger partial charge in [0, 0.05) is 45.6 Å². The van der Waals surface area contributed by atoms with E-state index in [-0.39, 0.29) is 18.9 Å². The summed E-state index contributed by atoms with van der Waals surface area (Å²) in [5, 5.41) is 0.480. The van der Waals surface area contributed by atoms with Gasteiger partial charge in [0.1, 0.15) is 18.4 Å². The number of rotatable bonds is 4. The van der Waals surface area contributed by atoms with Gasteiger partial charge in [0.2, 0.25) is 11.6 Å². The van der Waals surface area contributed by atoms with E-state index >= 15 is 0 Å². The first-order chi connectivity index (χ1) is 19.0. The summed E-state index contributed by atoms with van der Waals surface area (Å²) in [6, 6.07) is 8.01. The van der Waals surface area contributed by atoms with Crippen molar-refractivity contribution in [2.75, 3.05) is 20.1 Å². The van der Waals surface area contributed by atoms with Gasteiger partial charge in [0.15, 0.2) is 6.17 Å². The summed E-state index contributed by atoms with van der Waals surface area (Å²) >= 11 is 6.04. The van der Waals surface area contributed by atoms with Crippen LogP contribution in [0.25, 0.3) is 0 Å². The molecule has 3 heterocycles. The first-order valence-electron chi connectivity index (χ1n) is 13.5. The molecule has 0 bridgehead atoms. The molecule has 5 nitrogen and oxygen atoms in total. The van der Waals surface area contributed by atoms with Crippen molar-refractivity contribution in [3.63, 3.8) is 0 Å². The second kappa shape index (κ2) is 9.10. The summed E-state index contributed by atoms with van der Waals surface area (Å²) in [7, 11) is 0. The average Bonchev–Trinajstić information content (AvgIpc) is 3.41. The number of carbonyl (C=O) groups is 2. The van der Waals surface area contributed by atoms with Gasteiger partial charge in [-0.1, -0.05) is 35.9 Å². The molecule has 38 heavy (non-hydrogen) atoms. The van der Waals surface area contributed by atoms with Gasteiger partial charge >= 0.3 is 6.18 Å². The highest BCUT2D eigenvalue weighted by Gasteiger charge is 2.57. The zero-order valence-corrected chi connectivity index (χ0v) is 21.0. The first kappa shape index (κ1) is 23.0. The molecule has 3 unspecified atom stereocenters. The Morgan fingerprint density at radius 3 is 2.58 bits per heavy atom. The highest BCUT2D eigenvalue weighted by molar-refractivity contribution is 6.30. The lowest BCUT2D eigenvalue weighted by atomic mass is 9.68. The Hall–Kier alpha value is -2.88. The molecule has 11 heteroatoms. The van der Waals surface area contributed by atoms with E-state index < -0.39 is 66.3 Å². The third-order valence-electron chi connectivity index (χ3n) is 8.05. The van der Waals surface area contributed by atoms with E-state index in [1.807, 2.05) is 0 Å². The Kier molecular flexibility index (Phi) is 5.52. The van der Waals surface area contributed by atoms with Crippen molar-refractivity contribution < 1.29 is 40.4 Å². The molecule has 2 fully saturated rings. The number of fused-ring (bicyclic) bond motifs is 3. The largest absolute Gasteiger partial charge is 0.491 e. The fourth-order valence-corrected chi connectivity index (χ4v) is 5.95. The van der Waals surface area contributed by atoms with E-state index in [9.17, 15) is 31.5 Å². The van der Waals surface area contributed by atoms with Gasteiger partial charge in [-0.2, -0.15) is 13.2 Å². The van der Waals surface area contributed by atoms with Crippen LogP contribution < -0.4 is 4.74 Å². The SMILES string of the molecule is [2H]C([2H])([2H])N1C(=O)[C@@H](F)C[C@H]1C(=O)N1CCC2(Cc3ccc(Cl)cc3)c3ccc(C(C)(F)C(F)(F)F)cc3OCC12. The van der Waals surface area contributed by atoms with Crippen molar-refractivity contribution in [2.45, 2.75) is 61.7 Å². The number of carbonyl (C=O) groups excluding carboxylic acids is 2. The maximum Gasteiger partial charge on any atom is 0.426 e. The quantitative estimate of drug-likeness (QED) is 0.488. The summed E-state index contributed by atoms with van der Waals surface area (Å²) < 4.78 is 98.5. The molecule has 5 rings (SSSR count). The third-order valence-corrected chi connectivity index (χ3v) is 8.30. The summed E-state index contributed by atoms with van der Waals surface area (Å²) in [6.07, 6.45) is -7.34. The molecule has 3 aliphatic heterocycles. The Morgan fingerprint density at radius 1 is 1.21 bits per heavy atom. The van der Waals surface area contributed by atoms with Crippen LogP contribution in [0.1, 0.15) is 40.6 Å². The van der Waals surface area contributed by atoms with Crippen LogP contribution in [-0.2, 0) is 27.1 Å². The van der Waals surface area contributed by atoms with E-state index in [0.29, 0.717) is 35.3 Å². The van der Waals surface area contributed by atoms with E-state index in [0.717, 1.165) is 17.7 Å². The fraction of sp³-hybridized carbons (Fsp3) is 0.481. The fourth-order valence-electron chi connectivity index (χ4n) is 5.82. The van der Waals surface area contributed by atoms with Crippen molar-refractivity contribution in [3.8, 4) is 5.75 Å². The van der Waals surface area contributed by atoms with E-state index in [2.05, 4.69) is 0 Å². The van der Waals surface area contributed by atoms with Crippen LogP contribution in [0.3, 0.4) is 0 Å². The maximum absolute atomic E-state index is 14.8. The van der Waals surface area contributed by atoms with Crippen molar-refractivity contribution in [3.05, 3.63) is 64.2 Å². The predicted octanol–water partition coefficient (Wildman–Crippen LogP) is 5.13. The summed E-state index contributed by atoms with van der Waals surface area (Å²) in [5.74, 6) is -2.00. The van der Waals surface area contributed by atoms with E-state index in [1.54, 1.807) is 24.3 Å². The molecule has 204 valence electrons. The number of likely N-dealkylation sites (N-methyl/N-ethyl adjacent to an activating group) is 1. The standard InChI is InChI=1S/C27H26ClF5N2O3/c1-25(30,27(31,32)33)16-5-8-18-21(11-16)38-14-22-26(18,13-15-3-6-17(28)7-4-15)9-10-35(22)24(37)20-12-19(29)23(36)34(20)2/h3-8,11,19-20,22H,9-10,12-14H2,1-2H3/t19-,20-,22?,25?,26?/m0/s1/i2D3. The number of ether oxygens (including phenoxy) is 1. The molecule has 2 amide bonds. The second-order valence-corrected chi connectivity index (χ2v) is 10.6. The normalized spacial score (nSPS) is 30.0. The van der Waals surface area contributed by atoms with Gasteiger partial charge in [0.25, 0.3) is 5.91 Å².